The van der Waals surface area contributed by atoms with Gasteiger partial charge in [-0.1, -0.05) is 23.8 Å². The maximum atomic E-state index is 5.45. The standard InChI is InChI=1S/C20H26N6O.HI/c1-4-21-20(22-11-10-16-13-15(2)8-9-17(16)27-3)23-14-19-25-24-18-7-5-6-12-26(18)19;/h5-9,12-13H,4,10-11,14H2,1-3H3,(H2,21,22,23);1H. The van der Waals surface area contributed by atoms with E-state index < -0.39 is 0 Å². The summed E-state index contributed by atoms with van der Waals surface area (Å²) in [4.78, 5) is 4.64. The Hall–Kier alpha value is -2.36. The van der Waals surface area contributed by atoms with Crippen LogP contribution in [0.2, 0.25) is 0 Å². The van der Waals surface area contributed by atoms with Crippen molar-refractivity contribution >= 4 is 35.6 Å². The first-order valence-electron chi connectivity index (χ1n) is 9.15. The topological polar surface area (TPSA) is 75.8 Å². The predicted octanol–water partition coefficient (Wildman–Crippen LogP) is 2.96. The molecule has 150 valence electrons. The molecule has 0 atom stereocenters. The Morgan fingerprint density at radius 3 is 2.82 bits per heavy atom. The molecule has 3 aromatic rings. The molecule has 0 spiro atoms. The Labute approximate surface area is 182 Å². The number of ether oxygens (including phenoxy) is 1. The Morgan fingerprint density at radius 2 is 2.04 bits per heavy atom. The van der Waals surface area contributed by atoms with Crippen molar-refractivity contribution in [2.75, 3.05) is 20.2 Å². The van der Waals surface area contributed by atoms with E-state index in [1.54, 1.807) is 7.11 Å². The third kappa shape index (κ3) is 5.57. The monoisotopic (exact) mass is 494 g/mol. The first kappa shape index (κ1) is 21.9. The summed E-state index contributed by atoms with van der Waals surface area (Å²) in [5, 5.41) is 15.0. The van der Waals surface area contributed by atoms with Crippen LogP contribution < -0.4 is 15.4 Å². The van der Waals surface area contributed by atoms with E-state index in [4.69, 9.17) is 4.74 Å². The second kappa shape index (κ2) is 10.8. The van der Waals surface area contributed by atoms with Gasteiger partial charge in [0, 0.05) is 19.3 Å². The molecule has 0 saturated heterocycles. The Bertz CT molecular complexity index is 924. The van der Waals surface area contributed by atoms with Crippen molar-refractivity contribution in [3.8, 4) is 5.75 Å². The highest BCUT2D eigenvalue weighted by molar-refractivity contribution is 14.0. The third-order valence-corrected chi connectivity index (χ3v) is 4.23. The van der Waals surface area contributed by atoms with Crippen molar-refractivity contribution in [1.82, 2.24) is 25.2 Å². The van der Waals surface area contributed by atoms with Crippen LogP contribution in [0.3, 0.4) is 0 Å². The Balaban J connectivity index is 0.00000280. The first-order chi connectivity index (χ1) is 13.2. The van der Waals surface area contributed by atoms with E-state index in [0.29, 0.717) is 6.54 Å². The number of aromatic nitrogens is 3. The summed E-state index contributed by atoms with van der Waals surface area (Å²) in [7, 11) is 1.70. The van der Waals surface area contributed by atoms with E-state index in [9.17, 15) is 0 Å². The van der Waals surface area contributed by atoms with Crippen molar-refractivity contribution in [3.05, 3.63) is 59.5 Å². The summed E-state index contributed by atoms with van der Waals surface area (Å²) >= 11 is 0. The minimum absolute atomic E-state index is 0. The number of fused-ring (bicyclic) bond motifs is 1. The molecule has 3 rings (SSSR count). The van der Waals surface area contributed by atoms with Gasteiger partial charge in [0.1, 0.15) is 12.3 Å². The zero-order valence-corrected chi connectivity index (χ0v) is 18.8. The van der Waals surface area contributed by atoms with Gasteiger partial charge in [-0.3, -0.25) is 4.40 Å². The van der Waals surface area contributed by atoms with E-state index in [1.165, 1.54) is 11.1 Å². The van der Waals surface area contributed by atoms with Crippen LogP contribution in [0.25, 0.3) is 5.65 Å². The number of aliphatic imine (C=N–C) groups is 1. The average Bonchev–Trinajstić information content (AvgIpc) is 3.09. The lowest BCUT2D eigenvalue weighted by atomic mass is 10.1. The third-order valence-electron chi connectivity index (χ3n) is 4.23. The smallest absolute Gasteiger partial charge is 0.191 e. The predicted molar refractivity (Wildman–Crippen MR) is 123 cm³/mol. The number of benzene rings is 1. The average molecular weight is 494 g/mol. The van der Waals surface area contributed by atoms with Gasteiger partial charge in [0.15, 0.2) is 17.4 Å². The van der Waals surface area contributed by atoms with Crippen molar-refractivity contribution in [2.45, 2.75) is 26.8 Å². The lowest BCUT2D eigenvalue weighted by molar-refractivity contribution is 0.409. The number of halogens is 1. The number of methoxy groups -OCH3 is 1. The van der Waals surface area contributed by atoms with Crippen molar-refractivity contribution < 1.29 is 4.74 Å². The molecule has 1 aromatic carbocycles. The van der Waals surface area contributed by atoms with E-state index in [0.717, 1.165) is 42.7 Å². The van der Waals surface area contributed by atoms with Gasteiger partial charge in [0.2, 0.25) is 0 Å². The van der Waals surface area contributed by atoms with Gasteiger partial charge in [-0.05, 0) is 44.0 Å². The van der Waals surface area contributed by atoms with Crippen molar-refractivity contribution in [3.63, 3.8) is 0 Å². The van der Waals surface area contributed by atoms with Crippen LogP contribution in [0.4, 0.5) is 0 Å². The number of aryl methyl sites for hydroxylation is 1. The van der Waals surface area contributed by atoms with Gasteiger partial charge in [-0.2, -0.15) is 0 Å². The second-order valence-electron chi connectivity index (χ2n) is 6.23. The number of hydrogen-bond donors (Lipinski definition) is 2. The summed E-state index contributed by atoms with van der Waals surface area (Å²) in [6.45, 7) is 6.14. The maximum Gasteiger partial charge on any atom is 0.191 e. The number of pyridine rings is 1. The molecular weight excluding hydrogens is 467 g/mol. The highest BCUT2D eigenvalue weighted by Gasteiger charge is 2.06. The molecule has 2 heterocycles. The van der Waals surface area contributed by atoms with E-state index in [-0.39, 0.29) is 24.0 Å². The fourth-order valence-electron chi connectivity index (χ4n) is 2.91. The van der Waals surface area contributed by atoms with E-state index in [2.05, 4.69) is 44.9 Å². The molecule has 0 unspecified atom stereocenters. The largest absolute Gasteiger partial charge is 0.496 e. The van der Waals surface area contributed by atoms with Gasteiger partial charge in [-0.25, -0.2) is 4.99 Å². The summed E-state index contributed by atoms with van der Waals surface area (Å²) in [5.41, 5.74) is 3.24. The number of guanidine groups is 1. The van der Waals surface area contributed by atoms with Gasteiger partial charge >= 0.3 is 0 Å². The molecule has 28 heavy (non-hydrogen) atoms. The molecule has 0 aliphatic heterocycles. The van der Waals surface area contributed by atoms with Crippen LogP contribution in [0.15, 0.2) is 47.6 Å². The summed E-state index contributed by atoms with van der Waals surface area (Å²) < 4.78 is 7.40. The molecule has 8 heteroatoms. The zero-order chi connectivity index (χ0) is 19.1. The molecule has 0 fully saturated rings. The molecule has 0 aliphatic rings. The fourth-order valence-corrected chi connectivity index (χ4v) is 2.91. The van der Waals surface area contributed by atoms with Crippen LogP contribution in [-0.2, 0) is 13.0 Å². The fraction of sp³-hybridized carbons (Fsp3) is 0.350. The molecule has 0 amide bonds. The van der Waals surface area contributed by atoms with Gasteiger partial charge in [0.25, 0.3) is 0 Å². The van der Waals surface area contributed by atoms with Gasteiger partial charge in [0.05, 0.1) is 7.11 Å². The minimum atomic E-state index is 0. The van der Waals surface area contributed by atoms with Crippen LogP contribution >= 0.6 is 24.0 Å². The molecule has 2 aromatic heterocycles. The minimum Gasteiger partial charge on any atom is -0.496 e. The SMILES string of the molecule is CCNC(=NCc1nnc2ccccn12)NCCc1cc(C)ccc1OC.I. The molecular formula is C20H27IN6O. The quantitative estimate of drug-likeness (QED) is 0.300. The van der Waals surface area contributed by atoms with Crippen LogP contribution in [0.1, 0.15) is 23.9 Å². The lowest BCUT2D eigenvalue weighted by Gasteiger charge is -2.13. The molecule has 0 radical (unpaired) electrons. The van der Waals surface area contributed by atoms with Gasteiger partial charge < -0.3 is 15.4 Å². The lowest BCUT2D eigenvalue weighted by Crippen LogP contribution is -2.38. The second-order valence-corrected chi connectivity index (χ2v) is 6.23. The molecule has 7 nitrogen and oxygen atoms in total. The summed E-state index contributed by atoms with van der Waals surface area (Å²) in [6, 6.07) is 12.1. The summed E-state index contributed by atoms with van der Waals surface area (Å²) in [5.74, 6) is 2.49. The number of nitrogens with one attached hydrogen (secondary N) is 2. The van der Waals surface area contributed by atoms with Crippen LogP contribution in [0.5, 0.6) is 5.75 Å². The summed E-state index contributed by atoms with van der Waals surface area (Å²) in [6.07, 6.45) is 2.80. The number of hydrogen-bond acceptors (Lipinski definition) is 4. The zero-order valence-electron chi connectivity index (χ0n) is 16.5. The highest BCUT2D eigenvalue weighted by Crippen LogP contribution is 2.19. The van der Waals surface area contributed by atoms with E-state index >= 15 is 0 Å². The molecule has 0 bridgehead atoms. The maximum absolute atomic E-state index is 5.45. The molecule has 0 saturated carbocycles. The Kier molecular flexibility index (Phi) is 8.49. The first-order valence-corrected chi connectivity index (χ1v) is 9.15. The van der Waals surface area contributed by atoms with E-state index in [1.807, 2.05) is 41.8 Å². The van der Waals surface area contributed by atoms with Crippen molar-refractivity contribution in [2.24, 2.45) is 4.99 Å². The number of rotatable bonds is 7. The molecule has 0 aliphatic carbocycles. The van der Waals surface area contributed by atoms with Crippen LogP contribution in [-0.4, -0.2) is 40.8 Å². The molecule has 2 N–H and O–H groups in total. The van der Waals surface area contributed by atoms with Crippen LogP contribution in [0, 0.1) is 6.92 Å². The number of nitrogens with zero attached hydrogens (tertiary/aromatic N) is 4. The Morgan fingerprint density at radius 1 is 1.18 bits per heavy atom. The highest BCUT2D eigenvalue weighted by atomic mass is 127. The van der Waals surface area contributed by atoms with Gasteiger partial charge in [-0.15, -0.1) is 34.2 Å². The van der Waals surface area contributed by atoms with Crippen molar-refractivity contribution in [1.29, 1.82) is 0 Å². The normalized spacial score (nSPS) is 11.2.